The van der Waals surface area contributed by atoms with Gasteiger partial charge in [-0.1, -0.05) is 17.7 Å². The quantitative estimate of drug-likeness (QED) is 0.813. The lowest BCUT2D eigenvalue weighted by Gasteiger charge is -2.01. The van der Waals surface area contributed by atoms with Gasteiger partial charge in [0.2, 0.25) is 9.84 Å². The van der Waals surface area contributed by atoms with Crippen molar-refractivity contribution in [1.29, 1.82) is 0 Å². The highest BCUT2D eigenvalue weighted by molar-refractivity contribution is 8.04. The lowest BCUT2D eigenvalue weighted by atomic mass is 10.2. The van der Waals surface area contributed by atoms with E-state index in [9.17, 15) is 8.42 Å². The molecular formula is C12H14O2S2. The average molecular weight is 254 g/mol. The van der Waals surface area contributed by atoms with Crippen LogP contribution in [-0.4, -0.2) is 14.2 Å². The van der Waals surface area contributed by atoms with E-state index in [0.29, 0.717) is 4.90 Å². The van der Waals surface area contributed by atoms with Crippen molar-refractivity contribution in [3.8, 4) is 0 Å². The summed E-state index contributed by atoms with van der Waals surface area (Å²) in [5.74, 6) is 1.04. The molecule has 0 spiro atoms. The molecule has 1 aliphatic heterocycles. The Morgan fingerprint density at radius 3 is 2.50 bits per heavy atom. The lowest BCUT2D eigenvalue weighted by Crippen LogP contribution is -1.96. The second-order valence-corrected chi connectivity index (χ2v) is 6.91. The monoisotopic (exact) mass is 254 g/mol. The maximum atomic E-state index is 12.0. The van der Waals surface area contributed by atoms with Gasteiger partial charge < -0.3 is 0 Å². The number of hydrogen-bond acceptors (Lipinski definition) is 3. The first-order valence-electron chi connectivity index (χ1n) is 5.23. The number of allylic oxidation sites excluding steroid dienone is 1. The topological polar surface area (TPSA) is 34.1 Å². The van der Waals surface area contributed by atoms with E-state index < -0.39 is 9.84 Å². The zero-order valence-electron chi connectivity index (χ0n) is 9.14. The van der Waals surface area contributed by atoms with E-state index in [4.69, 9.17) is 0 Å². The molecule has 0 atom stereocenters. The Morgan fingerprint density at radius 2 is 1.94 bits per heavy atom. The third-order valence-corrected chi connectivity index (χ3v) is 5.35. The summed E-state index contributed by atoms with van der Waals surface area (Å²) in [6, 6.07) is 6.99. The third kappa shape index (κ3) is 2.68. The number of hydrogen-bond donors (Lipinski definition) is 0. The van der Waals surface area contributed by atoms with Crippen molar-refractivity contribution in [2.24, 2.45) is 0 Å². The van der Waals surface area contributed by atoms with Crippen LogP contribution in [0.2, 0.25) is 0 Å². The van der Waals surface area contributed by atoms with Gasteiger partial charge >= 0.3 is 0 Å². The van der Waals surface area contributed by atoms with Crippen LogP contribution in [0, 0.1) is 6.92 Å². The van der Waals surface area contributed by atoms with Gasteiger partial charge in [0, 0.05) is 5.41 Å². The van der Waals surface area contributed by atoms with Gasteiger partial charge in [0.05, 0.1) is 4.90 Å². The Bertz CT molecular complexity index is 490. The summed E-state index contributed by atoms with van der Waals surface area (Å²) >= 11 is 1.65. The number of rotatable bonds is 2. The van der Waals surface area contributed by atoms with Gasteiger partial charge in [0.25, 0.3) is 0 Å². The fraction of sp³-hybridized carbons (Fsp3) is 0.333. The molecule has 1 aromatic carbocycles. The minimum Gasteiger partial charge on any atom is -0.219 e. The number of thioether (sulfide) groups is 1. The van der Waals surface area contributed by atoms with E-state index in [2.05, 4.69) is 0 Å². The molecular weight excluding hydrogens is 240 g/mol. The molecule has 1 heterocycles. The zero-order valence-corrected chi connectivity index (χ0v) is 10.8. The molecule has 0 unspecified atom stereocenters. The van der Waals surface area contributed by atoms with Crippen LogP contribution in [0.4, 0.5) is 0 Å². The Balaban J connectivity index is 2.31. The summed E-state index contributed by atoms with van der Waals surface area (Å²) in [4.78, 5) is 1.37. The van der Waals surface area contributed by atoms with E-state index in [1.165, 1.54) is 5.41 Å². The van der Waals surface area contributed by atoms with Gasteiger partial charge in [0.15, 0.2) is 0 Å². The lowest BCUT2D eigenvalue weighted by molar-refractivity contribution is 0.604. The van der Waals surface area contributed by atoms with Crippen molar-refractivity contribution in [1.82, 2.24) is 0 Å². The van der Waals surface area contributed by atoms with Crippen molar-refractivity contribution < 1.29 is 8.42 Å². The minimum absolute atomic E-state index is 0.387. The fourth-order valence-corrected chi connectivity index (χ4v) is 4.19. The molecule has 4 heteroatoms. The van der Waals surface area contributed by atoms with Crippen LogP contribution in [0.5, 0.6) is 0 Å². The van der Waals surface area contributed by atoms with Gasteiger partial charge in [-0.2, -0.15) is 0 Å². The van der Waals surface area contributed by atoms with Crippen molar-refractivity contribution in [3.63, 3.8) is 0 Å². The van der Waals surface area contributed by atoms with Crippen LogP contribution >= 0.6 is 11.8 Å². The largest absolute Gasteiger partial charge is 0.219 e. The molecule has 0 radical (unpaired) electrons. The summed E-state index contributed by atoms with van der Waals surface area (Å²) in [6.45, 7) is 1.95. The maximum Gasteiger partial charge on any atom is 0.200 e. The van der Waals surface area contributed by atoms with Crippen molar-refractivity contribution >= 4 is 21.6 Å². The van der Waals surface area contributed by atoms with Gasteiger partial charge in [-0.15, -0.1) is 11.8 Å². The van der Waals surface area contributed by atoms with Gasteiger partial charge in [0.1, 0.15) is 0 Å². The minimum atomic E-state index is -3.24. The van der Waals surface area contributed by atoms with Crippen LogP contribution in [-0.2, 0) is 9.84 Å². The highest BCUT2D eigenvalue weighted by Crippen LogP contribution is 2.31. The first-order chi connectivity index (χ1) is 7.58. The second kappa shape index (κ2) is 4.63. The van der Waals surface area contributed by atoms with Crippen LogP contribution in [0.3, 0.4) is 0 Å². The van der Waals surface area contributed by atoms with Crippen LogP contribution < -0.4 is 0 Å². The summed E-state index contributed by atoms with van der Waals surface area (Å²) in [5, 5.41) is 1.43. The number of sulfone groups is 1. The highest BCUT2D eigenvalue weighted by Gasteiger charge is 2.15. The summed E-state index contributed by atoms with van der Waals surface area (Å²) in [6.07, 6.45) is 1.98. The molecule has 0 bridgehead atoms. The zero-order chi connectivity index (χ0) is 11.6. The molecule has 0 aliphatic carbocycles. The van der Waals surface area contributed by atoms with Gasteiger partial charge in [-0.3, -0.25) is 0 Å². The van der Waals surface area contributed by atoms with E-state index in [1.54, 1.807) is 23.9 Å². The Kier molecular flexibility index (Phi) is 3.40. The smallest absolute Gasteiger partial charge is 0.200 e. The van der Waals surface area contributed by atoms with E-state index in [0.717, 1.165) is 29.1 Å². The van der Waals surface area contributed by atoms with Crippen molar-refractivity contribution in [2.75, 3.05) is 5.75 Å². The van der Waals surface area contributed by atoms with E-state index in [1.807, 2.05) is 19.1 Å². The van der Waals surface area contributed by atoms with E-state index in [-0.39, 0.29) is 0 Å². The van der Waals surface area contributed by atoms with Crippen molar-refractivity contribution in [2.45, 2.75) is 24.7 Å². The molecule has 1 saturated heterocycles. The summed E-state index contributed by atoms with van der Waals surface area (Å²) < 4.78 is 24.0. The summed E-state index contributed by atoms with van der Waals surface area (Å²) in [5.41, 5.74) is 1.07. The number of benzene rings is 1. The standard InChI is InChI=1S/C12H14O2S2/c1-10-4-6-12(7-5-10)16(13,14)9-11-3-2-8-15-11/h4-7,9H,2-3,8H2,1H3/b11-9+. The molecule has 0 aromatic heterocycles. The SMILES string of the molecule is Cc1ccc(S(=O)(=O)/C=C2\CCCS2)cc1. The maximum absolute atomic E-state index is 12.0. The van der Waals surface area contributed by atoms with Crippen LogP contribution in [0.15, 0.2) is 39.5 Å². The molecule has 0 N–H and O–H groups in total. The average Bonchev–Trinajstić information content (AvgIpc) is 2.70. The first-order valence-corrected chi connectivity index (χ1v) is 7.76. The predicted molar refractivity (Wildman–Crippen MR) is 68.1 cm³/mol. The van der Waals surface area contributed by atoms with Crippen molar-refractivity contribution in [3.05, 3.63) is 40.1 Å². The Labute approximate surface area is 101 Å². The molecule has 86 valence electrons. The van der Waals surface area contributed by atoms with Gasteiger partial charge in [-0.25, -0.2) is 8.42 Å². The van der Waals surface area contributed by atoms with Crippen LogP contribution in [0.25, 0.3) is 0 Å². The molecule has 16 heavy (non-hydrogen) atoms. The highest BCUT2D eigenvalue weighted by atomic mass is 32.2. The van der Waals surface area contributed by atoms with Crippen LogP contribution in [0.1, 0.15) is 18.4 Å². The Morgan fingerprint density at radius 1 is 1.25 bits per heavy atom. The Hall–Kier alpha value is -0.740. The molecule has 1 aromatic rings. The second-order valence-electron chi connectivity index (χ2n) is 3.89. The normalized spacial score (nSPS) is 19.2. The predicted octanol–water partition coefficient (Wildman–Crippen LogP) is 3.14. The first kappa shape index (κ1) is 11.7. The fourth-order valence-electron chi connectivity index (χ4n) is 1.58. The number of aryl methyl sites for hydroxylation is 1. The summed E-state index contributed by atoms with van der Waals surface area (Å²) in [7, 11) is -3.24. The third-order valence-electron chi connectivity index (χ3n) is 2.49. The van der Waals surface area contributed by atoms with E-state index >= 15 is 0 Å². The molecule has 1 aliphatic rings. The molecule has 0 amide bonds. The molecule has 2 rings (SSSR count). The molecule has 1 fully saturated rings. The molecule has 2 nitrogen and oxygen atoms in total. The van der Waals surface area contributed by atoms with Gasteiger partial charge in [-0.05, 0) is 42.6 Å². The molecule has 0 saturated carbocycles.